The van der Waals surface area contributed by atoms with Gasteiger partial charge in [0.15, 0.2) is 0 Å². The molecule has 7 heteroatoms. The highest BCUT2D eigenvalue weighted by Crippen LogP contribution is 2.44. The third kappa shape index (κ3) is 5.69. The quantitative estimate of drug-likeness (QED) is 0.485. The Balaban J connectivity index is 1.32. The Labute approximate surface area is 204 Å². The van der Waals surface area contributed by atoms with Gasteiger partial charge in [0.1, 0.15) is 13.2 Å². The number of amides is 2. The molecule has 2 amide bonds. The predicted octanol–water partition coefficient (Wildman–Crippen LogP) is 4.27. The van der Waals surface area contributed by atoms with Gasteiger partial charge in [0.05, 0.1) is 5.92 Å². The minimum Gasteiger partial charge on any atom is -0.480 e. The molecule has 0 bridgehead atoms. The van der Waals surface area contributed by atoms with Crippen molar-refractivity contribution in [3.63, 3.8) is 0 Å². The zero-order valence-electron chi connectivity index (χ0n) is 19.5. The number of carbonyl (C=O) groups is 3. The Morgan fingerprint density at radius 3 is 2.09 bits per heavy atom. The van der Waals surface area contributed by atoms with Crippen LogP contribution in [-0.2, 0) is 20.9 Å². The number of aliphatic carboxylic acids is 1. The van der Waals surface area contributed by atoms with E-state index in [1.807, 2.05) is 66.7 Å². The van der Waals surface area contributed by atoms with E-state index in [0.29, 0.717) is 0 Å². The fourth-order valence-corrected chi connectivity index (χ4v) is 4.46. The van der Waals surface area contributed by atoms with Crippen LogP contribution in [0.15, 0.2) is 78.9 Å². The molecule has 0 saturated carbocycles. The normalized spacial score (nSPS) is 12.8. The number of carboxylic acid groups (broad SMARTS) is 1. The van der Waals surface area contributed by atoms with E-state index in [1.54, 1.807) is 6.92 Å². The van der Waals surface area contributed by atoms with Gasteiger partial charge in [-0.3, -0.25) is 9.59 Å². The summed E-state index contributed by atoms with van der Waals surface area (Å²) in [7, 11) is 0. The first kappa shape index (κ1) is 24.0. The molecule has 4 rings (SSSR count). The van der Waals surface area contributed by atoms with E-state index in [1.165, 1.54) is 4.90 Å². The summed E-state index contributed by atoms with van der Waals surface area (Å²) in [5.74, 6) is -2.11. The number of carbonyl (C=O) groups excluding carboxylic acids is 2. The van der Waals surface area contributed by atoms with Gasteiger partial charge in [-0.25, -0.2) is 4.79 Å². The second-order valence-corrected chi connectivity index (χ2v) is 8.68. The lowest BCUT2D eigenvalue weighted by atomic mass is 9.98. The van der Waals surface area contributed by atoms with Crippen molar-refractivity contribution >= 4 is 18.0 Å². The molecule has 0 heterocycles. The topological polar surface area (TPSA) is 95.9 Å². The first-order valence-electron chi connectivity index (χ1n) is 11.6. The maximum Gasteiger partial charge on any atom is 0.407 e. The third-order valence-corrected chi connectivity index (χ3v) is 6.17. The lowest BCUT2D eigenvalue weighted by Gasteiger charge is -2.24. The standard InChI is InChI=1S/C28H28N2O5/c1-19(27(33)30(17-26(31)32)16-20-9-3-2-4-10-20)15-29-28(34)35-18-25-23-13-7-5-11-21(23)22-12-6-8-14-24(22)25/h2-14,19,25H,15-18H2,1H3,(H,29,34)(H,31,32). The van der Waals surface area contributed by atoms with E-state index in [-0.39, 0.29) is 31.5 Å². The molecule has 0 saturated heterocycles. The van der Waals surface area contributed by atoms with Gasteiger partial charge in [-0.05, 0) is 27.8 Å². The molecule has 0 fully saturated rings. The van der Waals surface area contributed by atoms with Crippen LogP contribution in [0.4, 0.5) is 4.79 Å². The van der Waals surface area contributed by atoms with Crippen LogP contribution in [-0.4, -0.2) is 47.7 Å². The van der Waals surface area contributed by atoms with Crippen LogP contribution >= 0.6 is 0 Å². The molecule has 0 spiro atoms. The highest BCUT2D eigenvalue weighted by Gasteiger charge is 2.29. The van der Waals surface area contributed by atoms with Crippen molar-refractivity contribution in [1.29, 1.82) is 0 Å². The Hall–Kier alpha value is -4.13. The molecule has 7 nitrogen and oxygen atoms in total. The largest absolute Gasteiger partial charge is 0.480 e. The summed E-state index contributed by atoms with van der Waals surface area (Å²) < 4.78 is 5.52. The maximum absolute atomic E-state index is 12.9. The van der Waals surface area contributed by atoms with Gasteiger partial charge in [-0.1, -0.05) is 85.8 Å². The summed E-state index contributed by atoms with van der Waals surface area (Å²) in [4.78, 5) is 37.9. The van der Waals surface area contributed by atoms with Crippen molar-refractivity contribution in [2.75, 3.05) is 19.7 Å². The number of benzene rings is 3. The van der Waals surface area contributed by atoms with Gasteiger partial charge in [0.25, 0.3) is 0 Å². The predicted molar refractivity (Wildman–Crippen MR) is 132 cm³/mol. The number of nitrogens with one attached hydrogen (secondary N) is 1. The van der Waals surface area contributed by atoms with Gasteiger partial charge < -0.3 is 20.1 Å². The summed E-state index contributed by atoms with van der Waals surface area (Å²) in [5, 5.41) is 11.9. The molecule has 35 heavy (non-hydrogen) atoms. The molecule has 0 aliphatic heterocycles. The Morgan fingerprint density at radius 1 is 0.914 bits per heavy atom. The zero-order chi connectivity index (χ0) is 24.8. The number of ether oxygens (including phenoxy) is 1. The molecular weight excluding hydrogens is 444 g/mol. The number of rotatable bonds is 9. The van der Waals surface area contributed by atoms with Crippen LogP contribution in [0.2, 0.25) is 0 Å². The van der Waals surface area contributed by atoms with Crippen molar-refractivity contribution in [2.45, 2.75) is 19.4 Å². The van der Waals surface area contributed by atoms with E-state index in [4.69, 9.17) is 4.74 Å². The second-order valence-electron chi connectivity index (χ2n) is 8.68. The number of fused-ring (bicyclic) bond motifs is 3. The van der Waals surface area contributed by atoms with Crippen LogP contribution in [0.25, 0.3) is 11.1 Å². The number of hydrogen-bond acceptors (Lipinski definition) is 4. The average molecular weight is 473 g/mol. The van der Waals surface area contributed by atoms with E-state index < -0.39 is 24.5 Å². The lowest BCUT2D eigenvalue weighted by Crippen LogP contribution is -2.42. The molecule has 0 radical (unpaired) electrons. The van der Waals surface area contributed by atoms with Crippen molar-refractivity contribution in [3.8, 4) is 11.1 Å². The minimum atomic E-state index is -1.09. The molecule has 1 unspecified atom stereocenters. The van der Waals surface area contributed by atoms with Crippen LogP contribution in [0.5, 0.6) is 0 Å². The lowest BCUT2D eigenvalue weighted by molar-refractivity contribution is -0.146. The van der Waals surface area contributed by atoms with Crippen molar-refractivity contribution in [1.82, 2.24) is 10.2 Å². The summed E-state index contributed by atoms with van der Waals surface area (Å²) in [5.41, 5.74) is 5.37. The zero-order valence-corrected chi connectivity index (χ0v) is 19.5. The molecule has 1 aliphatic rings. The maximum atomic E-state index is 12.9. The van der Waals surface area contributed by atoms with E-state index >= 15 is 0 Å². The summed E-state index contributed by atoms with van der Waals surface area (Å²) in [6.07, 6.45) is -0.612. The number of hydrogen-bond donors (Lipinski definition) is 2. The Kier molecular flexibility index (Phi) is 7.45. The van der Waals surface area contributed by atoms with Crippen LogP contribution in [0.3, 0.4) is 0 Å². The van der Waals surface area contributed by atoms with Crippen LogP contribution < -0.4 is 5.32 Å². The van der Waals surface area contributed by atoms with Crippen LogP contribution in [0, 0.1) is 5.92 Å². The first-order valence-corrected chi connectivity index (χ1v) is 11.6. The number of alkyl carbamates (subject to hydrolysis) is 1. The Morgan fingerprint density at radius 2 is 1.49 bits per heavy atom. The van der Waals surface area contributed by atoms with E-state index in [0.717, 1.165) is 27.8 Å². The molecule has 1 aliphatic carbocycles. The van der Waals surface area contributed by atoms with Gasteiger partial charge in [0.2, 0.25) is 5.91 Å². The molecule has 1 atom stereocenters. The highest BCUT2D eigenvalue weighted by atomic mass is 16.5. The van der Waals surface area contributed by atoms with Gasteiger partial charge in [0, 0.05) is 19.0 Å². The minimum absolute atomic E-state index is 0.0421. The summed E-state index contributed by atoms with van der Waals surface area (Å²) >= 11 is 0. The van der Waals surface area contributed by atoms with Crippen molar-refractivity contribution < 1.29 is 24.2 Å². The molecule has 2 N–H and O–H groups in total. The summed E-state index contributed by atoms with van der Waals surface area (Å²) in [6.45, 7) is 1.65. The number of carboxylic acids is 1. The van der Waals surface area contributed by atoms with Crippen molar-refractivity contribution in [3.05, 3.63) is 95.6 Å². The van der Waals surface area contributed by atoms with Crippen LogP contribution in [0.1, 0.15) is 29.5 Å². The smallest absolute Gasteiger partial charge is 0.407 e. The van der Waals surface area contributed by atoms with Gasteiger partial charge in [-0.2, -0.15) is 0 Å². The fourth-order valence-electron chi connectivity index (χ4n) is 4.46. The van der Waals surface area contributed by atoms with Gasteiger partial charge in [-0.15, -0.1) is 0 Å². The first-order chi connectivity index (χ1) is 16.9. The van der Waals surface area contributed by atoms with E-state index in [9.17, 15) is 19.5 Å². The third-order valence-electron chi connectivity index (χ3n) is 6.17. The summed E-state index contributed by atoms with van der Waals surface area (Å²) in [6, 6.07) is 25.4. The number of nitrogens with zero attached hydrogens (tertiary/aromatic N) is 1. The van der Waals surface area contributed by atoms with E-state index in [2.05, 4.69) is 17.4 Å². The average Bonchev–Trinajstić information content (AvgIpc) is 3.19. The molecule has 0 aromatic heterocycles. The monoisotopic (exact) mass is 472 g/mol. The SMILES string of the molecule is CC(CNC(=O)OCC1c2ccccc2-c2ccccc21)C(=O)N(CC(=O)O)Cc1ccccc1. The van der Waals surface area contributed by atoms with Gasteiger partial charge >= 0.3 is 12.1 Å². The molecule has 3 aromatic rings. The fraction of sp³-hybridized carbons (Fsp3) is 0.250. The molecular formula is C28H28N2O5. The molecule has 180 valence electrons. The molecule has 3 aromatic carbocycles. The highest BCUT2D eigenvalue weighted by molar-refractivity contribution is 5.83. The second kappa shape index (κ2) is 10.9. The van der Waals surface area contributed by atoms with Crippen molar-refractivity contribution in [2.24, 2.45) is 5.92 Å². The Bertz CT molecular complexity index is 1170.